The van der Waals surface area contributed by atoms with Crippen LogP contribution < -0.4 is 10.4 Å². The highest BCUT2D eigenvalue weighted by molar-refractivity contribution is 8.01. The molecule has 0 aliphatic carbocycles. The van der Waals surface area contributed by atoms with Crippen molar-refractivity contribution in [1.82, 2.24) is 9.55 Å². The molecule has 172 valence electrons. The molecule has 0 fully saturated rings. The lowest BCUT2D eigenvalue weighted by molar-refractivity contribution is -0.137. The zero-order valence-electron chi connectivity index (χ0n) is 18.0. The van der Waals surface area contributed by atoms with Crippen LogP contribution >= 0.6 is 23.1 Å². The fraction of sp³-hybridized carbons (Fsp3) is 0.381. The van der Waals surface area contributed by atoms with Crippen molar-refractivity contribution in [3.05, 3.63) is 50.9 Å². The van der Waals surface area contributed by atoms with E-state index < -0.39 is 21.7 Å². The van der Waals surface area contributed by atoms with Gasteiger partial charge in [-0.1, -0.05) is 24.1 Å². The number of sulfonamides is 1. The first-order valence-electron chi connectivity index (χ1n) is 10.1. The van der Waals surface area contributed by atoms with E-state index in [1.54, 1.807) is 19.1 Å². The molecule has 3 rings (SSSR count). The fourth-order valence-corrected chi connectivity index (χ4v) is 6.64. The first-order valence-corrected chi connectivity index (χ1v) is 13.4. The topological polar surface area (TPSA) is 118 Å². The summed E-state index contributed by atoms with van der Waals surface area (Å²) >= 11 is 3.01. The number of carbonyl (C=O) groups is 1. The highest BCUT2D eigenvalue weighted by atomic mass is 32.2. The summed E-state index contributed by atoms with van der Waals surface area (Å²) in [7, 11) is -3.91. The average Bonchev–Trinajstić information content (AvgIpc) is 3.03. The average molecular weight is 496 g/mol. The summed E-state index contributed by atoms with van der Waals surface area (Å²) in [4.78, 5) is 28.3. The molecule has 0 unspecified atom stereocenters. The third-order valence-electron chi connectivity index (χ3n) is 4.96. The molecule has 0 saturated carbocycles. The second kappa shape index (κ2) is 10.1. The number of hydrogen-bond donors (Lipinski definition) is 2. The maximum atomic E-state index is 12.9. The molecular formula is C21H25N3O5S3. The van der Waals surface area contributed by atoms with Crippen molar-refractivity contribution in [1.29, 1.82) is 0 Å². The summed E-state index contributed by atoms with van der Waals surface area (Å²) in [5, 5.41) is 8.75. The van der Waals surface area contributed by atoms with E-state index in [0.717, 1.165) is 33.2 Å². The van der Waals surface area contributed by atoms with Crippen LogP contribution in [0.2, 0.25) is 0 Å². The molecule has 0 bridgehead atoms. The van der Waals surface area contributed by atoms with Gasteiger partial charge in [0.2, 0.25) is 0 Å². The van der Waals surface area contributed by atoms with Crippen molar-refractivity contribution in [2.75, 3.05) is 10.5 Å². The number of aliphatic carboxylic acids is 1. The van der Waals surface area contributed by atoms with Crippen molar-refractivity contribution in [2.45, 2.75) is 55.6 Å². The summed E-state index contributed by atoms with van der Waals surface area (Å²) in [5.41, 5.74) is 1.58. The molecule has 2 aliphatic rings. The fourth-order valence-electron chi connectivity index (χ4n) is 3.11. The van der Waals surface area contributed by atoms with Crippen LogP contribution in [0.25, 0.3) is 5.69 Å². The Morgan fingerprint density at radius 2 is 1.84 bits per heavy atom. The van der Waals surface area contributed by atoms with Crippen LogP contribution in [0.5, 0.6) is 0 Å². The summed E-state index contributed by atoms with van der Waals surface area (Å²) in [6.45, 7) is 5.58. The van der Waals surface area contributed by atoms with Crippen molar-refractivity contribution in [2.24, 2.45) is 0 Å². The Morgan fingerprint density at radius 3 is 2.50 bits per heavy atom. The number of anilines is 1. The molecule has 2 heterocycles. The minimum atomic E-state index is -3.91. The molecule has 0 atom stereocenters. The van der Waals surface area contributed by atoms with Gasteiger partial charge in [0.25, 0.3) is 10.0 Å². The number of aromatic nitrogens is 2. The predicted molar refractivity (Wildman–Crippen MR) is 127 cm³/mol. The van der Waals surface area contributed by atoms with Crippen LogP contribution in [0, 0.1) is 20.8 Å². The van der Waals surface area contributed by atoms with E-state index in [4.69, 9.17) is 5.11 Å². The molecular weight excluding hydrogens is 470 g/mol. The number of thioether (sulfide) groups is 1. The number of carboxylic acid groups (broad SMARTS) is 1. The summed E-state index contributed by atoms with van der Waals surface area (Å²) in [5.74, 6) is -0.0653. The van der Waals surface area contributed by atoms with Crippen LogP contribution in [0.1, 0.15) is 41.8 Å². The van der Waals surface area contributed by atoms with Gasteiger partial charge in [-0.15, -0.1) is 23.1 Å². The van der Waals surface area contributed by atoms with Crippen LogP contribution in [-0.4, -0.2) is 34.8 Å². The molecule has 2 aliphatic heterocycles. The minimum Gasteiger partial charge on any atom is -0.481 e. The van der Waals surface area contributed by atoms with Gasteiger partial charge in [0.05, 0.1) is 9.10 Å². The number of carboxylic acids is 1. The summed E-state index contributed by atoms with van der Waals surface area (Å²) in [6.07, 6.45) is 2.35. The Bertz CT molecular complexity index is 1250. The number of rotatable bonds is 10. The Labute approximate surface area is 195 Å². The van der Waals surface area contributed by atoms with Gasteiger partial charge >= 0.3 is 11.7 Å². The van der Waals surface area contributed by atoms with Gasteiger partial charge < -0.3 is 5.11 Å². The standard InChI is InChI=1S/C21H25N3O5S3/c1-13-8-10-16(11-9-13)32(28,29)23-19-18-20(30-12-6-4-5-7-17(25)26)31-15(3)14(2)24(18)21(27)22-19/h8-11H,4-7,12H2,1-3H3,(H,25,26)(H,22,23,27). The van der Waals surface area contributed by atoms with Gasteiger partial charge in [-0.2, -0.15) is 4.98 Å². The molecule has 0 amide bonds. The molecule has 0 aromatic heterocycles. The Hall–Kier alpha value is -2.37. The van der Waals surface area contributed by atoms with Gasteiger partial charge in [0.1, 0.15) is 5.69 Å². The Kier molecular flexibility index (Phi) is 7.63. The Morgan fingerprint density at radius 1 is 1.16 bits per heavy atom. The van der Waals surface area contributed by atoms with Crippen molar-refractivity contribution < 1.29 is 18.3 Å². The van der Waals surface area contributed by atoms with Crippen LogP contribution in [0.4, 0.5) is 5.82 Å². The van der Waals surface area contributed by atoms with E-state index in [-0.39, 0.29) is 17.1 Å². The molecule has 1 aromatic carbocycles. The number of imidazole rings is 1. The van der Waals surface area contributed by atoms with Crippen LogP contribution in [-0.2, 0) is 14.8 Å². The van der Waals surface area contributed by atoms with E-state index in [1.165, 1.54) is 39.8 Å². The maximum absolute atomic E-state index is 12.9. The molecule has 8 nitrogen and oxygen atoms in total. The van der Waals surface area contributed by atoms with Crippen LogP contribution in [0.15, 0.2) is 38.2 Å². The third kappa shape index (κ3) is 5.51. The van der Waals surface area contributed by atoms with Gasteiger partial charge in [0.15, 0.2) is 5.82 Å². The van der Waals surface area contributed by atoms with Crippen molar-refractivity contribution in [3.8, 4) is 5.69 Å². The first kappa shape index (κ1) is 24.3. The van der Waals surface area contributed by atoms with E-state index in [1.807, 2.05) is 13.8 Å². The van der Waals surface area contributed by atoms with Crippen molar-refractivity contribution >= 4 is 44.9 Å². The number of unbranched alkanes of at least 4 members (excludes halogenated alkanes) is 2. The largest absolute Gasteiger partial charge is 0.481 e. The number of aryl methyl sites for hydroxylation is 2. The number of nitrogens with zero attached hydrogens (tertiary/aromatic N) is 2. The smallest absolute Gasteiger partial charge is 0.354 e. The Balaban J connectivity index is 1.89. The highest BCUT2D eigenvalue weighted by Gasteiger charge is 2.26. The molecule has 1 aromatic rings. The summed E-state index contributed by atoms with van der Waals surface area (Å²) in [6, 6.07) is 6.44. The maximum Gasteiger partial charge on any atom is 0.354 e. The van der Waals surface area contributed by atoms with E-state index in [2.05, 4.69) is 9.71 Å². The van der Waals surface area contributed by atoms with Gasteiger partial charge in [-0.3, -0.25) is 14.1 Å². The minimum absolute atomic E-state index is 0.0169. The lowest BCUT2D eigenvalue weighted by Gasteiger charge is -2.16. The predicted octanol–water partition coefficient (Wildman–Crippen LogP) is 4.19. The van der Waals surface area contributed by atoms with E-state index in [0.29, 0.717) is 17.8 Å². The van der Waals surface area contributed by atoms with Gasteiger partial charge in [0, 0.05) is 17.0 Å². The number of hydrogen-bond acceptors (Lipinski definition) is 7. The van der Waals surface area contributed by atoms with Crippen molar-refractivity contribution in [3.63, 3.8) is 0 Å². The quantitative estimate of drug-likeness (QED) is 0.320. The third-order valence-corrected chi connectivity index (χ3v) is 8.85. The zero-order chi connectivity index (χ0) is 23.5. The molecule has 0 spiro atoms. The van der Waals surface area contributed by atoms with E-state index in [9.17, 15) is 18.0 Å². The molecule has 11 heteroatoms. The van der Waals surface area contributed by atoms with Gasteiger partial charge in [-0.05, 0) is 51.5 Å². The SMILES string of the molecule is Cc1ccc(S(=O)(=O)Nc2nc(=O)n3c(C)c(C)sc(SCCCCCC(=O)O)c2-3)cc1. The normalized spacial score (nSPS) is 11.7. The highest BCUT2D eigenvalue weighted by Crippen LogP contribution is 2.38. The number of benzene rings is 1. The van der Waals surface area contributed by atoms with Crippen LogP contribution in [0.3, 0.4) is 0 Å². The van der Waals surface area contributed by atoms with Gasteiger partial charge in [-0.25, -0.2) is 13.2 Å². The second-order valence-corrected chi connectivity index (χ2v) is 11.7. The zero-order valence-corrected chi connectivity index (χ0v) is 20.5. The van der Waals surface area contributed by atoms with E-state index >= 15 is 0 Å². The first-order chi connectivity index (χ1) is 15.1. The lowest BCUT2D eigenvalue weighted by Crippen LogP contribution is -2.17. The number of nitrogens with one attached hydrogen (secondary N) is 1. The second-order valence-electron chi connectivity index (χ2n) is 7.43. The lowest BCUT2D eigenvalue weighted by atomic mass is 10.2. The molecule has 0 saturated heterocycles. The number of fused-ring (bicyclic) bond motifs is 1. The monoisotopic (exact) mass is 495 g/mol. The molecule has 2 N–H and O–H groups in total. The molecule has 32 heavy (non-hydrogen) atoms. The molecule has 0 radical (unpaired) electrons. The summed E-state index contributed by atoms with van der Waals surface area (Å²) < 4.78 is 30.5.